The van der Waals surface area contributed by atoms with Gasteiger partial charge < -0.3 is 15.7 Å². The van der Waals surface area contributed by atoms with Crippen LogP contribution in [0.4, 0.5) is 11.4 Å². The van der Waals surface area contributed by atoms with Crippen LogP contribution in [0.15, 0.2) is 79.0 Å². The molecule has 3 aromatic carbocycles. The van der Waals surface area contributed by atoms with Crippen molar-refractivity contribution in [2.45, 2.75) is 25.8 Å². The number of hydrogen-bond acceptors (Lipinski definition) is 5. The largest absolute Gasteiger partial charge is 0.394 e. The van der Waals surface area contributed by atoms with Crippen molar-refractivity contribution in [2.75, 3.05) is 23.8 Å². The molecule has 1 aliphatic heterocycles. The van der Waals surface area contributed by atoms with Gasteiger partial charge in [-0.2, -0.15) is 5.10 Å². The molecule has 2 unspecified atom stereocenters. The minimum Gasteiger partial charge on any atom is -0.394 e. The number of fused-ring (bicyclic) bond motifs is 2. The molecular formula is C30H29N5O. The number of nitrogens with zero attached hydrogens (tertiary/aromatic N) is 2. The summed E-state index contributed by atoms with van der Waals surface area (Å²) in [6.45, 7) is 5.20. The van der Waals surface area contributed by atoms with Gasteiger partial charge in [0.2, 0.25) is 0 Å². The monoisotopic (exact) mass is 475 g/mol. The summed E-state index contributed by atoms with van der Waals surface area (Å²) in [6.07, 6.45) is 1.86. The highest BCUT2D eigenvalue weighted by Gasteiger charge is 2.24. The maximum Gasteiger partial charge on any atom is 0.0924 e. The maximum atomic E-state index is 10.1. The first-order valence-electron chi connectivity index (χ1n) is 12.4. The number of aliphatic hydroxyl groups excluding tert-OH is 1. The van der Waals surface area contributed by atoms with Crippen LogP contribution in [0.3, 0.4) is 0 Å². The number of aromatic amines is 1. The Labute approximate surface area is 210 Å². The van der Waals surface area contributed by atoms with E-state index in [0.29, 0.717) is 5.92 Å². The number of aliphatic hydroxyl groups is 1. The zero-order valence-electron chi connectivity index (χ0n) is 20.4. The molecule has 6 nitrogen and oxygen atoms in total. The van der Waals surface area contributed by atoms with E-state index < -0.39 is 0 Å². The molecule has 0 fully saturated rings. The number of para-hydroxylation sites is 1. The van der Waals surface area contributed by atoms with Crippen LogP contribution < -0.4 is 10.6 Å². The van der Waals surface area contributed by atoms with Gasteiger partial charge in [0, 0.05) is 40.4 Å². The van der Waals surface area contributed by atoms with E-state index in [1.165, 1.54) is 5.56 Å². The summed E-state index contributed by atoms with van der Waals surface area (Å²) < 4.78 is 0. The molecule has 0 saturated carbocycles. The van der Waals surface area contributed by atoms with Crippen molar-refractivity contribution in [2.24, 2.45) is 0 Å². The summed E-state index contributed by atoms with van der Waals surface area (Å²) in [4.78, 5) is 4.99. The highest BCUT2D eigenvalue weighted by Crippen LogP contribution is 2.42. The van der Waals surface area contributed by atoms with Crippen LogP contribution in [0.1, 0.15) is 35.7 Å². The summed E-state index contributed by atoms with van der Waals surface area (Å²) in [7, 11) is 0. The fourth-order valence-corrected chi connectivity index (χ4v) is 5.15. The predicted octanol–water partition coefficient (Wildman–Crippen LogP) is 6.27. The van der Waals surface area contributed by atoms with Crippen molar-refractivity contribution in [3.05, 3.63) is 95.8 Å². The fourth-order valence-electron chi connectivity index (χ4n) is 5.15. The van der Waals surface area contributed by atoms with Gasteiger partial charge in [0.25, 0.3) is 0 Å². The van der Waals surface area contributed by atoms with E-state index in [-0.39, 0.29) is 12.6 Å². The van der Waals surface area contributed by atoms with Gasteiger partial charge in [0.05, 0.1) is 35.7 Å². The van der Waals surface area contributed by atoms with Gasteiger partial charge in [-0.15, -0.1) is 0 Å². The molecule has 0 saturated heterocycles. The smallest absolute Gasteiger partial charge is 0.0924 e. The normalized spacial score (nSPS) is 15.5. The lowest BCUT2D eigenvalue weighted by Gasteiger charge is -2.20. The van der Waals surface area contributed by atoms with Crippen molar-refractivity contribution in [1.29, 1.82) is 0 Å². The standard InChI is InChI=1S/C30H29N5O/c1-18-15-31-29-23(18)9-6-10-24(29)30-26(21-11-12-27-25(13-21)19(2)34-35-27)14-22(16-32-30)33-28(17-36)20-7-4-3-5-8-20/h3-14,16,18,28,31,33,36H,15,17H2,1-2H3,(H,34,35). The molecule has 5 aromatic rings. The van der Waals surface area contributed by atoms with Crippen molar-refractivity contribution in [3.63, 3.8) is 0 Å². The summed E-state index contributed by atoms with van der Waals surface area (Å²) in [6, 6.07) is 24.7. The number of nitrogens with one attached hydrogen (secondary N) is 3. The van der Waals surface area contributed by atoms with E-state index in [1.807, 2.05) is 49.5 Å². The summed E-state index contributed by atoms with van der Waals surface area (Å²) in [5.41, 5.74) is 10.5. The zero-order chi connectivity index (χ0) is 24.6. The van der Waals surface area contributed by atoms with Crippen molar-refractivity contribution < 1.29 is 5.11 Å². The molecule has 3 heterocycles. The fraction of sp³-hybridized carbons (Fsp3) is 0.200. The Morgan fingerprint density at radius 2 is 1.89 bits per heavy atom. The van der Waals surface area contributed by atoms with E-state index >= 15 is 0 Å². The van der Waals surface area contributed by atoms with Gasteiger partial charge in [-0.25, -0.2) is 0 Å². The highest BCUT2D eigenvalue weighted by atomic mass is 16.3. The average molecular weight is 476 g/mol. The van der Waals surface area contributed by atoms with Crippen LogP contribution in [-0.2, 0) is 0 Å². The first-order valence-corrected chi connectivity index (χ1v) is 12.4. The van der Waals surface area contributed by atoms with Gasteiger partial charge in [0.15, 0.2) is 0 Å². The third kappa shape index (κ3) is 3.89. The summed E-state index contributed by atoms with van der Waals surface area (Å²) in [5, 5.41) is 25.8. The molecule has 2 atom stereocenters. The van der Waals surface area contributed by atoms with Crippen molar-refractivity contribution in [1.82, 2.24) is 15.2 Å². The van der Waals surface area contributed by atoms with Crippen LogP contribution in [0, 0.1) is 6.92 Å². The Bertz CT molecular complexity index is 1540. The van der Waals surface area contributed by atoms with Crippen LogP contribution in [0.25, 0.3) is 33.3 Å². The lowest BCUT2D eigenvalue weighted by Crippen LogP contribution is -2.15. The number of anilines is 2. The Morgan fingerprint density at radius 3 is 2.72 bits per heavy atom. The van der Waals surface area contributed by atoms with Gasteiger partial charge in [-0.1, -0.05) is 61.5 Å². The summed E-state index contributed by atoms with van der Waals surface area (Å²) >= 11 is 0. The Hall–Kier alpha value is -4.16. The van der Waals surface area contributed by atoms with Gasteiger partial charge >= 0.3 is 0 Å². The van der Waals surface area contributed by atoms with E-state index in [9.17, 15) is 5.11 Å². The van der Waals surface area contributed by atoms with Crippen LogP contribution in [0.2, 0.25) is 0 Å². The number of benzene rings is 3. The topological polar surface area (TPSA) is 85.9 Å². The maximum absolute atomic E-state index is 10.1. The molecule has 0 aliphatic carbocycles. The highest BCUT2D eigenvalue weighted by molar-refractivity contribution is 5.93. The first-order chi connectivity index (χ1) is 17.6. The molecular weight excluding hydrogens is 446 g/mol. The second kappa shape index (κ2) is 9.13. The second-order valence-electron chi connectivity index (χ2n) is 9.54. The van der Waals surface area contributed by atoms with Gasteiger partial charge in [-0.3, -0.25) is 10.1 Å². The Morgan fingerprint density at radius 1 is 1.03 bits per heavy atom. The lowest BCUT2D eigenvalue weighted by atomic mass is 9.94. The average Bonchev–Trinajstić information content (AvgIpc) is 3.49. The molecule has 36 heavy (non-hydrogen) atoms. The first kappa shape index (κ1) is 22.3. The Balaban J connectivity index is 1.49. The van der Waals surface area contributed by atoms with Gasteiger partial charge in [-0.05, 0) is 41.8 Å². The second-order valence-corrected chi connectivity index (χ2v) is 9.54. The number of aryl methyl sites for hydroxylation is 1. The van der Waals surface area contributed by atoms with E-state index in [1.54, 1.807) is 0 Å². The lowest BCUT2D eigenvalue weighted by molar-refractivity contribution is 0.276. The van der Waals surface area contributed by atoms with E-state index in [4.69, 9.17) is 4.98 Å². The van der Waals surface area contributed by atoms with Gasteiger partial charge in [0.1, 0.15) is 0 Å². The molecule has 6 rings (SSSR count). The molecule has 4 N–H and O–H groups in total. The minimum absolute atomic E-state index is 0.0186. The van der Waals surface area contributed by atoms with Crippen LogP contribution in [0.5, 0.6) is 0 Å². The van der Waals surface area contributed by atoms with Crippen LogP contribution in [-0.4, -0.2) is 33.4 Å². The van der Waals surface area contributed by atoms with E-state index in [0.717, 1.165) is 62.5 Å². The third-order valence-electron chi connectivity index (χ3n) is 7.14. The number of hydrogen-bond donors (Lipinski definition) is 4. The van der Waals surface area contributed by atoms with Crippen molar-refractivity contribution >= 4 is 22.3 Å². The van der Waals surface area contributed by atoms with E-state index in [2.05, 4.69) is 64.2 Å². The number of aromatic nitrogens is 3. The molecule has 6 heteroatoms. The zero-order valence-corrected chi connectivity index (χ0v) is 20.4. The molecule has 0 amide bonds. The quantitative estimate of drug-likeness (QED) is 0.232. The van der Waals surface area contributed by atoms with Crippen molar-refractivity contribution in [3.8, 4) is 22.4 Å². The molecule has 1 aliphatic rings. The number of pyridine rings is 1. The number of H-pyrrole nitrogens is 1. The number of rotatable bonds is 6. The minimum atomic E-state index is -0.228. The third-order valence-corrected chi connectivity index (χ3v) is 7.14. The predicted molar refractivity (Wildman–Crippen MR) is 146 cm³/mol. The molecule has 0 radical (unpaired) electrons. The summed E-state index contributed by atoms with van der Waals surface area (Å²) in [5.74, 6) is 0.463. The Kier molecular flexibility index (Phi) is 5.66. The SMILES string of the molecule is Cc1[nH]nc2ccc(-c3cc(NC(CO)c4ccccc4)cnc3-c3cccc4c3NCC4C)cc12. The molecule has 180 valence electrons. The molecule has 2 aromatic heterocycles. The molecule has 0 spiro atoms. The molecule has 0 bridgehead atoms. The van der Waals surface area contributed by atoms with Crippen LogP contribution >= 0.6 is 0 Å².